The summed E-state index contributed by atoms with van der Waals surface area (Å²) in [6.07, 6.45) is -2.67. The van der Waals surface area contributed by atoms with Crippen molar-refractivity contribution in [3.05, 3.63) is 23.2 Å². The largest absolute Gasteiger partial charge is 0.476 e. The van der Waals surface area contributed by atoms with Gasteiger partial charge in [0.2, 0.25) is 0 Å². The van der Waals surface area contributed by atoms with Gasteiger partial charge in [-0.3, -0.25) is 4.90 Å². The first-order chi connectivity index (χ1) is 14.4. The maximum absolute atomic E-state index is 12.3. The van der Waals surface area contributed by atoms with Crippen LogP contribution in [0.1, 0.15) is 50.0 Å². The van der Waals surface area contributed by atoms with Crippen LogP contribution in [0.2, 0.25) is 0 Å². The van der Waals surface area contributed by atoms with Gasteiger partial charge in [0.25, 0.3) is 0 Å². The van der Waals surface area contributed by atoms with Gasteiger partial charge in [-0.25, -0.2) is 14.6 Å². The molecule has 2 rings (SSSR count). The van der Waals surface area contributed by atoms with Crippen LogP contribution in [-0.4, -0.2) is 68.4 Å². The molecular formula is C19H25F3N2O5S2. The van der Waals surface area contributed by atoms with Crippen molar-refractivity contribution >= 4 is 35.2 Å². The molecule has 1 unspecified atom stereocenters. The minimum Gasteiger partial charge on any atom is -0.476 e. The SMILES string of the molecule is C[C@@H]1OC(=O)N(CCSc2nc(C(=O)O)cs2)[C@H]1C=CCC(C)(O)CCCC(F)(F)F. The molecule has 174 valence electrons. The number of halogens is 3. The predicted molar refractivity (Wildman–Crippen MR) is 111 cm³/mol. The van der Waals surface area contributed by atoms with E-state index in [1.807, 2.05) is 0 Å². The number of carboxylic acids is 1. The molecule has 1 amide bonds. The fraction of sp³-hybridized carbons (Fsp3) is 0.632. The number of carbonyl (C=O) groups excluding carboxylic acids is 1. The number of carboxylic acid groups (broad SMARTS) is 1. The molecule has 0 aliphatic carbocycles. The van der Waals surface area contributed by atoms with Gasteiger partial charge in [0.1, 0.15) is 6.10 Å². The van der Waals surface area contributed by atoms with Crippen molar-refractivity contribution in [3.8, 4) is 0 Å². The molecule has 1 saturated heterocycles. The first-order valence-electron chi connectivity index (χ1n) is 9.63. The smallest absolute Gasteiger partial charge is 0.410 e. The van der Waals surface area contributed by atoms with E-state index in [4.69, 9.17) is 9.84 Å². The number of rotatable bonds is 11. The van der Waals surface area contributed by atoms with Gasteiger partial charge in [0, 0.05) is 24.1 Å². The number of alkyl halides is 3. The van der Waals surface area contributed by atoms with E-state index in [0.29, 0.717) is 16.6 Å². The van der Waals surface area contributed by atoms with Crippen LogP contribution >= 0.6 is 23.1 Å². The lowest BCUT2D eigenvalue weighted by Gasteiger charge is -2.23. The Balaban J connectivity index is 1.86. The second-order valence-corrected chi connectivity index (χ2v) is 9.72. The first-order valence-corrected chi connectivity index (χ1v) is 11.5. The van der Waals surface area contributed by atoms with Gasteiger partial charge in [-0.05, 0) is 33.1 Å². The van der Waals surface area contributed by atoms with E-state index in [1.165, 1.54) is 40.3 Å². The van der Waals surface area contributed by atoms with E-state index < -0.39 is 36.4 Å². The number of hydrogen-bond acceptors (Lipinski definition) is 7. The highest BCUT2D eigenvalue weighted by Gasteiger charge is 2.37. The molecule has 1 aromatic rings. The summed E-state index contributed by atoms with van der Waals surface area (Å²) in [4.78, 5) is 28.5. The lowest BCUT2D eigenvalue weighted by Crippen LogP contribution is -2.36. The van der Waals surface area contributed by atoms with E-state index in [-0.39, 0.29) is 31.0 Å². The number of amides is 1. The second kappa shape index (κ2) is 10.7. The van der Waals surface area contributed by atoms with Crippen LogP contribution in [0.3, 0.4) is 0 Å². The molecule has 0 aromatic carbocycles. The number of hydrogen-bond donors (Lipinski definition) is 2. The van der Waals surface area contributed by atoms with Crippen molar-refractivity contribution in [1.82, 2.24) is 9.88 Å². The van der Waals surface area contributed by atoms with E-state index in [2.05, 4.69) is 4.98 Å². The summed E-state index contributed by atoms with van der Waals surface area (Å²) >= 11 is 2.54. The van der Waals surface area contributed by atoms with Crippen molar-refractivity contribution in [1.29, 1.82) is 0 Å². The van der Waals surface area contributed by atoms with Crippen LogP contribution in [0.25, 0.3) is 0 Å². The molecule has 7 nitrogen and oxygen atoms in total. The second-order valence-electron chi connectivity index (χ2n) is 7.52. The van der Waals surface area contributed by atoms with E-state index >= 15 is 0 Å². The highest BCUT2D eigenvalue weighted by atomic mass is 32.2. The Morgan fingerprint density at radius 2 is 2.13 bits per heavy atom. The van der Waals surface area contributed by atoms with Crippen molar-refractivity contribution in [2.24, 2.45) is 0 Å². The lowest BCUT2D eigenvalue weighted by atomic mass is 9.94. The highest BCUT2D eigenvalue weighted by molar-refractivity contribution is 8.01. The molecular weight excluding hydrogens is 457 g/mol. The number of aromatic carboxylic acids is 1. The fourth-order valence-corrected chi connectivity index (χ4v) is 4.87. The highest BCUT2D eigenvalue weighted by Crippen LogP contribution is 2.28. The normalized spacial score (nSPS) is 21.5. The zero-order valence-electron chi connectivity index (χ0n) is 17.1. The summed E-state index contributed by atoms with van der Waals surface area (Å²) in [6, 6.07) is -0.370. The Labute approximate surface area is 186 Å². The van der Waals surface area contributed by atoms with Crippen LogP contribution in [0, 0.1) is 0 Å². The van der Waals surface area contributed by atoms with Gasteiger partial charge in [-0.1, -0.05) is 23.9 Å². The third-order valence-electron chi connectivity index (χ3n) is 4.69. The maximum atomic E-state index is 12.3. The summed E-state index contributed by atoms with van der Waals surface area (Å²) < 4.78 is 42.7. The van der Waals surface area contributed by atoms with Crippen LogP contribution in [0.4, 0.5) is 18.0 Å². The Bertz CT molecular complexity index is 798. The predicted octanol–water partition coefficient (Wildman–Crippen LogP) is 4.57. The molecule has 1 fully saturated rings. The minimum atomic E-state index is -4.24. The van der Waals surface area contributed by atoms with E-state index in [9.17, 15) is 27.9 Å². The Kier molecular flexibility index (Phi) is 8.78. The number of thiazole rings is 1. The number of aromatic nitrogens is 1. The van der Waals surface area contributed by atoms with Crippen LogP contribution < -0.4 is 0 Å². The van der Waals surface area contributed by atoms with Crippen molar-refractivity contribution in [3.63, 3.8) is 0 Å². The number of ether oxygens (including phenoxy) is 1. The molecule has 1 aromatic heterocycles. The number of thioether (sulfide) groups is 1. The van der Waals surface area contributed by atoms with Crippen LogP contribution in [0.5, 0.6) is 0 Å². The molecule has 3 atom stereocenters. The van der Waals surface area contributed by atoms with Crippen molar-refractivity contribution < 1.29 is 37.7 Å². The number of aliphatic hydroxyl groups is 1. The van der Waals surface area contributed by atoms with Gasteiger partial charge in [0.05, 0.1) is 11.6 Å². The summed E-state index contributed by atoms with van der Waals surface area (Å²) in [5.41, 5.74) is -1.30. The molecule has 31 heavy (non-hydrogen) atoms. The van der Waals surface area contributed by atoms with Gasteiger partial charge in [-0.2, -0.15) is 13.2 Å². The standard InChI is InChI=1S/C19H25F3N2O5S2/c1-12-14(5-3-6-18(2,28)7-4-8-19(20,21)22)24(17(27)29-12)9-10-30-16-23-13(11-31-16)15(25)26/h3,5,11-12,14,28H,4,6-10H2,1-2H3,(H,25,26)/t12-,14-,18?/m0/s1. The van der Waals surface area contributed by atoms with E-state index in [1.54, 1.807) is 19.1 Å². The third-order valence-corrected chi connectivity index (χ3v) is 6.69. The Hall–Kier alpha value is -1.79. The number of carbonyl (C=O) groups is 2. The molecule has 1 aliphatic rings. The van der Waals surface area contributed by atoms with Crippen molar-refractivity contribution in [2.45, 2.75) is 67.8 Å². The van der Waals surface area contributed by atoms with Gasteiger partial charge in [-0.15, -0.1) is 11.3 Å². The van der Waals surface area contributed by atoms with Gasteiger partial charge in [0.15, 0.2) is 10.0 Å². The quantitative estimate of drug-likeness (QED) is 0.352. The van der Waals surface area contributed by atoms with Crippen LogP contribution in [-0.2, 0) is 4.74 Å². The van der Waals surface area contributed by atoms with E-state index in [0.717, 1.165) is 0 Å². The molecule has 2 N–H and O–H groups in total. The topological polar surface area (TPSA) is 100.0 Å². The summed E-state index contributed by atoms with van der Waals surface area (Å²) in [7, 11) is 0. The molecule has 0 spiro atoms. The fourth-order valence-electron chi connectivity index (χ4n) is 3.06. The Morgan fingerprint density at radius 3 is 2.74 bits per heavy atom. The van der Waals surface area contributed by atoms with Gasteiger partial charge < -0.3 is 14.9 Å². The molecule has 1 aliphatic heterocycles. The molecule has 0 radical (unpaired) electrons. The number of cyclic esters (lactones) is 1. The maximum Gasteiger partial charge on any atom is 0.410 e. The summed E-state index contributed by atoms with van der Waals surface area (Å²) in [6.45, 7) is 3.57. The minimum absolute atomic E-state index is 0.0129. The molecule has 0 bridgehead atoms. The third kappa shape index (κ3) is 8.34. The summed E-state index contributed by atoms with van der Waals surface area (Å²) in [5, 5.41) is 20.7. The molecule has 2 heterocycles. The van der Waals surface area contributed by atoms with Crippen molar-refractivity contribution in [2.75, 3.05) is 12.3 Å². The first kappa shape index (κ1) is 25.5. The Morgan fingerprint density at radius 1 is 1.42 bits per heavy atom. The molecule has 12 heteroatoms. The molecule has 0 saturated carbocycles. The zero-order chi connectivity index (χ0) is 23.2. The lowest BCUT2D eigenvalue weighted by molar-refractivity contribution is -0.137. The monoisotopic (exact) mass is 482 g/mol. The van der Waals surface area contributed by atoms with Crippen LogP contribution in [0.15, 0.2) is 21.9 Å². The summed E-state index contributed by atoms with van der Waals surface area (Å²) in [5.74, 6) is -0.618. The average molecular weight is 483 g/mol. The van der Waals surface area contributed by atoms with Gasteiger partial charge >= 0.3 is 18.2 Å². The zero-order valence-corrected chi connectivity index (χ0v) is 18.7. The number of nitrogens with zero attached hydrogens (tertiary/aromatic N) is 2. The average Bonchev–Trinajstić information content (AvgIpc) is 3.20.